The van der Waals surface area contributed by atoms with E-state index in [-0.39, 0.29) is 0 Å². The van der Waals surface area contributed by atoms with E-state index in [0.29, 0.717) is 0 Å². The van der Waals surface area contributed by atoms with Crippen LogP contribution < -0.4 is 0 Å². The van der Waals surface area contributed by atoms with Crippen LogP contribution in [0.1, 0.15) is 0 Å². The standard InChI is InChI=1S/C3H3Cl3/c4-2-1-3(5)6/h1-3H/b2-1-. The Hall–Kier alpha value is 0.610. The van der Waals surface area contributed by atoms with Crippen molar-refractivity contribution < 1.29 is 0 Å². The van der Waals surface area contributed by atoms with E-state index >= 15 is 0 Å². The van der Waals surface area contributed by atoms with Crippen molar-refractivity contribution in [3.63, 3.8) is 0 Å². The Balaban J connectivity index is 3.03. The average molecular weight is 145 g/mol. The van der Waals surface area contributed by atoms with Gasteiger partial charge >= 0.3 is 0 Å². The first-order valence-corrected chi connectivity index (χ1v) is 2.63. The summed E-state index contributed by atoms with van der Waals surface area (Å²) in [7, 11) is 0. The molecule has 0 N–H and O–H groups in total. The molecule has 0 saturated carbocycles. The third-order valence-electron chi connectivity index (χ3n) is 0.218. The Labute approximate surface area is 51.7 Å². The molecule has 0 nitrogen and oxygen atoms in total. The van der Waals surface area contributed by atoms with E-state index in [1.54, 1.807) is 0 Å². The normalized spacial score (nSPS) is 11.3. The van der Waals surface area contributed by atoms with Crippen LogP contribution in [0.15, 0.2) is 11.6 Å². The maximum absolute atomic E-state index is 5.17. The van der Waals surface area contributed by atoms with Crippen molar-refractivity contribution in [1.29, 1.82) is 0 Å². The van der Waals surface area contributed by atoms with Crippen LogP contribution in [0, 0.1) is 0 Å². The summed E-state index contributed by atoms with van der Waals surface area (Å²) in [5.41, 5.74) is 1.28. The van der Waals surface area contributed by atoms with Crippen molar-refractivity contribution in [2.24, 2.45) is 0 Å². The SMILES string of the molecule is Cl/C=C\C(Cl)Cl. The number of alkyl halides is 2. The summed E-state index contributed by atoms with van der Waals surface area (Å²) in [4.78, 5) is -0.470. The topological polar surface area (TPSA) is 0 Å². The third-order valence-corrected chi connectivity index (χ3v) is 0.655. The van der Waals surface area contributed by atoms with Gasteiger partial charge in [0.05, 0.1) is 0 Å². The van der Waals surface area contributed by atoms with E-state index in [4.69, 9.17) is 34.8 Å². The highest BCUT2D eigenvalue weighted by Gasteiger charge is 1.83. The lowest BCUT2D eigenvalue weighted by Crippen LogP contribution is -1.70. The number of halogens is 3. The first-order valence-electron chi connectivity index (χ1n) is 1.32. The second-order valence-electron chi connectivity index (χ2n) is 0.653. The van der Waals surface area contributed by atoms with Crippen molar-refractivity contribution in [2.75, 3.05) is 0 Å². The van der Waals surface area contributed by atoms with E-state index in [1.165, 1.54) is 11.6 Å². The van der Waals surface area contributed by atoms with Crippen LogP contribution in [0.3, 0.4) is 0 Å². The van der Waals surface area contributed by atoms with Gasteiger partial charge in [-0.3, -0.25) is 0 Å². The van der Waals surface area contributed by atoms with Crippen molar-refractivity contribution in [1.82, 2.24) is 0 Å². The number of hydrogen-bond acceptors (Lipinski definition) is 0. The maximum atomic E-state index is 5.17. The summed E-state index contributed by atoms with van der Waals surface area (Å²) in [5, 5.41) is 0. The van der Waals surface area contributed by atoms with E-state index in [9.17, 15) is 0 Å². The van der Waals surface area contributed by atoms with E-state index in [1.807, 2.05) is 0 Å². The summed E-state index contributed by atoms with van der Waals surface area (Å²) < 4.78 is 0. The van der Waals surface area contributed by atoms with Gasteiger partial charge in [0.2, 0.25) is 0 Å². The summed E-state index contributed by atoms with van der Waals surface area (Å²) in [6.07, 6.45) is 1.46. The maximum Gasteiger partial charge on any atom is 0.127 e. The van der Waals surface area contributed by atoms with Crippen LogP contribution >= 0.6 is 34.8 Å². The molecule has 0 aromatic heterocycles. The predicted molar refractivity (Wildman–Crippen MR) is 30.5 cm³/mol. The highest BCUT2D eigenvalue weighted by molar-refractivity contribution is 6.46. The monoisotopic (exact) mass is 144 g/mol. The lowest BCUT2D eigenvalue weighted by atomic mass is 10.8. The fourth-order valence-electron chi connectivity index (χ4n) is 0.0550. The second-order valence-corrected chi connectivity index (χ2v) is 2.07. The van der Waals surface area contributed by atoms with Crippen molar-refractivity contribution in [3.05, 3.63) is 11.6 Å². The van der Waals surface area contributed by atoms with Gasteiger partial charge in [0.25, 0.3) is 0 Å². The quantitative estimate of drug-likeness (QED) is 0.498. The van der Waals surface area contributed by atoms with Gasteiger partial charge in [-0.25, -0.2) is 0 Å². The molecule has 0 atom stereocenters. The lowest BCUT2D eigenvalue weighted by Gasteiger charge is -1.80. The summed E-state index contributed by atoms with van der Waals surface area (Å²) in [5.74, 6) is 0. The van der Waals surface area contributed by atoms with E-state index in [2.05, 4.69) is 0 Å². The summed E-state index contributed by atoms with van der Waals surface area (Å²) in [6.45, 7) is 0. The molecule has 0 aromatic carbocycles. The minimum absolute atomic E-state index is 0.470. The summed E-state index contributed by atoms with van der Waals surface area (Å²) in [6, 6.07) is 0. The molecule has 0 aliphatic carbocycles. The van der Waals surface area contributed by atoms with Crippen LogP contribution in [0.4, 0.5) is 0 Å². The van der Waals surface area contributed by atoms with Crippen LogP contribution in [0.2, 0.25) is 0 Å². The van der Waals surface area contributed by atoms with Crippen molar-refractivity contribution in [2.45, 2.75) is 4.84 Å². The van der Waals surface area contributed by atoms with Crippen LogP contribution in [-0.2, 0) is 0 Å². The van der Waals surface area contributed by atoms with Crippen LogP contribution in [0.25, 0.3) is 0 Å². The molecular weight excluding hydrogens is 142 g/mol. The minimum Gasteiger partial charge on any atom is -0.101 e. The van der Waals surface area contributed by atoms with Crippen molar-refractivity contribution in [3.8, 4) is 0 Å². The molecule has 0 radical (unpaired) electrons. The fourth-order valence-corrected chi connectivity index (χ4v) is 0.495. The Kier molecular flexibility index (Phi) is 4.17. The molecule has 6 heavy (non-hydrogen) atoms. The van der Waals surface area contributed by atoms with Gasteiger partial charge in [-0.15, -0.1) is 23.2 Å². The molecule has 0 unspecified atom stereocenters. The lowest BCUT2D eigenvalue weighted by molar-refractivity contribution is 1.63. The molecule has 3 heteroatoms. The largest absolute Gasteiger partial charge is 0.127 e. The molecule has 0 bridgehead atoms. The van der Waals surface area contributed by atoms with E-state index in [0.717, 1.165) is 0 Å². The van der Waals surface area contributed by atoms with Gasteiger partial charge < -0.3 is 0 Å². The number of allylic oxidation sites excluding steroid dienone is 1. The van der Waals surface area contributed by atoms with Crippen LogP contribution in [-0.4, -0.2) is 4.84 Å². The molecule has 0 aromatic rings. The zero-order valence-electron chi connectivity index (χ0n) is 2.87. The Morgan fingerprint density at radius 3 is 1.83 bits per heavy atom. The smallest absolute Gasteiger partial charge is 0.101 e. The zero-order chi connectivity index (χ0) is 4.99. The van der Waals surface area contributed by atoms with Gasteiger partial charge in [0, 0.05) is 5.54 Å². The van der Waals surface area contributed by atoms with Gasteiger partial charge in [0.1, 0.15) is 4.84 Å². The molecule has 0 rings (SSSR count). The second kappa shape index (κ2) is 3.79. The Bertz CT molecular complexity index is 48.0. The molecule has 0 aliphatic rings. The molecular formula is C3H3Cl3. The van der Waals surface area contributed by atoms with Gasteiger partial charge in [0.15, 0.2) is 0 Å². The van der Waals surface area contributed by atoms with Gasteiger partial charge in [-0.1, -0.05) is 11.6 Å². The first-order chi connectivity index (χ1) is 2.77. The highest BCUT2D eigenvalue weighted by Crippen LogP contribution is 2.02. The fraction of sp³-hybridized carbons (Fsp3) is 0.333. The molecule has 0 spiro atoms. The minimum atomic E-state index is -0.470. The molecule has 0 amide bonds. The number of rotatable bonds is 1. The van der Waals surface area contributed by atoms with Crippen molar-refractivity contribution >= 4 is 34.8 Å². The Morgan fingerprint density at radius 1 is 1.33 bits per heavy atom. The average Bonchev–Trinajstić information content (AvgIpc) is 1.35. The van der Waals surface area contributed by atoms with Gasteiger partial charge in [-0.2, -0.15) is 0 Å². The molecule has 0 fully saturated rings. The summed E-state index contributed by atoms with van der Waals surface area (Å²) >= 11 is 15.4. The third kappa shape index (κ3) is 4.61. The molecule has 0 heterocycles. The first kappa shape index (κ1) is 6.61. The van der Waals surface area contributed by atoms with E-state index < -0.39 is 4.84 Å². The Morgan fingerprint density at radius 2 is 1.83 bits per heavy atom. The van der Waals surface area contributed by atoms with Gasteiger partial charge in [-0.05, 0) is 6.08 Å². The highest BCUT2D eigenvalue weighted by atomic mass is 35.5. The number of hydrogen-bond donors (Lipinski definition) is 0. The molecule has 36 valence electrons. The van der Waals surface area contributed by atoms with Crippen LogP contribution in [0.5, 0.6) is 0 Å². The zero-order valence-corrected chi connectivity index (χ0v) is 5.13. The molecule has 0 saturated heterocycles. The predicted octanol–water partition coefficient (Wildman–Crippen LogP) is 2.54. The molecule has 0 aliphatic heterocycles.